The zero-order chi connectivity index (χ0) is 19.1. The van der Waals surface area contributed by atoms with E-state index in [-0.39, 0.29) is 0 Å². The van der Waals surface area contributed by atoms with E-state index in [1.54, 1.807) is 12.1 Å². The average molecular weight is 379 g/mol. The van der Waals surface area contributed by atoms with E-state index in [1.807, 2.05) is 0 Å². The van der Waals surface area contributed by atoms with Crippen LogP contribution >= 0.6 is 11.6 Å². The van der Waals surface area contributed by atoms with Crippen LogP contribution in [0.5, 0.6) is 0 Å². The minimum atomic E-state index is -1.08. The number of ether oxygens (including phenoxy) is 1. The highest BCUT2D eigenvalue weighted by molar-refractivity contribution is 6.30. The van der Waals surface area contributed by atoms with Crippen LogP contribution in [0.25, 0.3) is 0 Å². The van der Waals surface area contributed by atoms with Crippen LogP contribution in [0.3, 0.4) is 0 Å². The Bertz CT molecular complexity index is 794. The highest BCUT2D eigenvalue weighted by Gasteiger charge is 2.18. The summed E-state index contributed by atoms with van der Waals surface area (Å²) in [6.07, 6.45) is -1.08. The van der Waals surface area contributed by atoms with Gasteiger partial charge in [-0.3, -0.25) is 14.4 Å². The van der Waals surface area contributed by atoms with Gasteiger partial charge in [-0.05, 0) is 55.5 Å². The quantitative estimate of drug-likeness (QED) is 0.757. The van der Waals surface area contributed by atoms with Crippen LogP contribution in [0.1, 0.15) is 17.3 Å². The second-order valence-electron chi connectivity index (χ2n) is 5.32. The second-order valence-corrected chi connectivity index (χ2v) is 5.75. The smallest absolute Gasteiger partial charge is 0.326 e. The fourth-order valence-corrected chi connectivity index (χ4v) is 2.05. The fourth-order valence-electron chi connectivity index (χ4n) is 1.93. The van der Waals surface area contributed by atoms with Crippen molar-refractivity contribution < 1.29 is 23.5 Å². The predicted molar refractivity (Wildman–Crippen MR) is 94.4 cm³/mol. The van der Waals surface area contributed by atoms with E-state index in [9.17, 15) is 18.8 Å². The molecule has 0 saturated heterocycles. The van der Waals surface area contributed by atoms with Gasteiger partial charge in [0.25, 0.3) is 11.8 Å². The maximum Gasteiger partial charge on any atom is 0.326 e. The molecule has 2 aromatic rings. The first-order valence-corrected chi connectivity index (χ1v) is 8.02. The molecule has 0 aliphatic heterocycles. The molecule has 2 aromatic carbocycles. The van der Waals surface area contributed by atoms with Gasteiger partial charge in [-0.1, -0.05) is 11.6 Å². The van der Waals surface area contributed by atoms with Crippen LogP contribution in [0.4, 0.5) is 10.1 Å². The molecule has 136 valence electrons. The van der Waals surface area contributed by atoms with Crippen LogP contribution in [0.2, 0.25) is 5.02 Å². The van der Waals surface area contributed by atoms with Crippen molar-refractivity contribution in [3.05, 3.63) is 64.9 Å². The van der Waals surface area contributed by atoms with Gasteiger partial charge in [-0.2, -0.15) is 0 Å². The summed E-state index contributed by atoms with van der Waals surface area (Å²) in [5, 5.41) is 5.36. The van der Waals surface area contributed by atoms with Crippen LogP contribution in [-0.4, -0.2) is 30.4 Å². The molecule has 0 aliphatic rings. The highest BCUT2D eigenvalue weighted by atomic mass is 35.5. The van der Waals surface area contributed by atoms with Gasteiger partial charge in [-0.15, -0.1) is 0 Å². The number of benzene rings is 2. The Hall–Kier alpha value is -2.93. The minimum Gasteiger partial charge on any atom is -0.451 e. The third-order valence-electron chi connectivity index (χ3n) is 3.29. The molecule has 2 amide bonds. The summed E-state index contributed by atoms with van der Waals surface area (Å²) in [4.78, 5) is 35.6. The van der Waals surface area contributed by atoms with Crippen LogP contribution in [0, 0.1) is 5.82 Å². The molecule has 8 heteroatoms. The molecule has 0 aromatic heterocycles. The molecule has 6 nitrogen and oxygen atoms in total. The van der Waals surface area contributed by atoms with Crippen molar-refractivity contribution in [1.82, 2.24) is 5.32 Å². The van der Waals surface area contributed by atoms with Gasteiger partial charge < -0.3 is 15.4 Å². The number of carbonyl (C=O) groups is 3. The zero-order valence-electron chi connectivity index (χ0n) is 13.8. The van der Waals surface area contributed by atoms with Crippen LogP contribution < -0.4 is 10.6 Å². The number of hydrogen-bond donors (Lipinski definition) is 2. The summed E-state index contributed by atoms with van der Waals surface area (Å²) < 4.78 is 17.8. The van der Waals surface area contributed by atoms with Gasteiger partial charge in [0, 0.05) is 16.3 Å². The number of carbonyl (C=O) groups excluding carboxylic acids is 3. The number of esters is 1. The van der Waals surface area contributed by atoms with Crippen LogP contribution in [0.15, 0.2) is 48.5 Å². The topological polar surface area (TPSA) is 84.5 Å². The lowest BCUT2D eigenvalue weighted by molar-refractivity contribution is -0.152. The van der Waals surface area contributed by atoms with E-state index in [4.69, 9.17) is 16.3 Å². The van der Waals surface area contributed by atoms with E-state index < -0.39 is 36.2 Å². The van der Waals surface area contributed by atoms with E-state index in [0.717, 1.165) is 0 Å². The maximum absolute atomic E-state index is 12.8. The average Bonchev–Trinajstić information content (AvgIpc) is 2.62. The first-order valence-electron chi connectivity index (χ1n) is 7.65. The lowest BCUT2D eigenvalue weighted by atomic mass is 10.2. The largest absolute Gasteiger partial charge is 0.451 e. The Morgan fingerprint density at radius 3 is 2.31 bits per heavy atom. The normalized spacial score (nSPS) is 11.3. The summed E-state index contributed by atoms with van der Waals surface area (Å²) in [7, 11) is 0. The van der Waals surface area contributed by atoms with Gasteiger partial charge in [0.05, 0.1) is 0 Å². The molecule has 0 aliphatic carbocycles. The molecule has 0 bridgehead atoms. The maximum atomic E-state index is 12.8. The fraction of sp³-hybridized carbons (Fsp3) is 0.167. The molecule has 2 N–H and O–H groups in total. The predicted octanol–water partition coefficient (Wildman–Crippen LogP) is 2.78. The SMILES string of the molecule is C[C@H](OC(=O)CNC(=O)c1ccc(Cl)cc1)C(=O)Nc1ccc(F)cc1. The summed E-state index contributed by atoms with van der Waals surface area (Å²) >= 11 is 5.73. The summed E-state index contributed by atoms with van der Waals surface area (Å²) in [6, 6.07) is 11.3. The third-order valence-corrected chi connectivity index (χ3v) is 3.54. The molecule has 0 fully saturated rings. The molecular formula is C18H16ClFN2O4. The number of nitrogens with one attached hydrogen (secondary N) is 2. The van der Waals surface area contributed by atoms with Gasteiger partial charge in [-0.25, -0.2) is 4.39 Å². The van der Waals surface area contributed by atoms with Crippen molar-refractivity contribution >= 4 is 35.1 Å². The van der Waals surface area contributed by atoms with E-state index in [1.165, 1.54) is 43.3 Å². The lowest BCUT2D eigenvalue weighted by Crippen LogP contribution is -2.35. The number of anilines is 1. The molecule has 0 heterocycles. The first-order chi connectivity index (χ1) is 12.3. The van der Waals surface area contributed by atoms with Crippen LogP contribution in [-0.2, 0) is 14.3 Å². The minimum absolute atomic E-state index is 0.337. The monoisotopic (exact) mass is 378 g/mol. The molecule has 2 rings (SSSR count). The van der Waals surface area contributed by atoms with Gasteiger partial charge in [0.15, 0.2) is 6.10 Å². The Morgan fingerprint density at radius 1 is 1.08 bits per heavy atom. The van der Waals surface area contributed by atoms with Gasteiger partial charge in [0.2, 0.25) is 0 Å². The first kappa shape index (κ1) is 19.4. The Kier molecular flexibility index (Phi) is 6.68. The molecule has 0 unspecified atom stereocenters. The Labute approximate surface area is 154 Å². The summed E-state index contributed by atoms with van der Waals surface area (Å²) in [5.41, 5.74) is 0.708. The molecule has 0 radical (unpaired) electrons. The molecule has 1 atom stereocenters. The summed E-state index contributed by atoms with van der Waals surface area (Å²) in [6.45, 7) is 0.993. The number of rotatable bonds is 6. The van der Waals surface area contributed by atoms with Crippen molar-refractivity contribution in [1.29, 1.82) is 0 Å². The van der Waals surface area contributed by atoms with Crippen molar-refractivity contribution in [2.45, 2.75) is 13.0 Å². The number of hydrogen-bond acceptors (Lipinski definition) is 4. The Morgan fingerprint density at radius 2 is 1.69 bits per heavy atom. The third kappa shape index (κ3) is 5.86. The van der Waals surface area contributed by atoms with E-state index in [0.29, 0.717) is 16.3 Å². The molecule has 0 saturated carbocycles. The number of halogens is 2. The van der Waals surface area contributed by atoms with Gasteiger partial charge >= 0.3 is 5.97 Å². The Balaban J connectivity index is 1.79. The summed E-state index contributed by atoms with van der Waals surface area (Å²) in [5.74, 6) is -2.25. The van der Waals surface area contributed by atoms with E-state index >= 15 is 0 Å². The zero-order valence-corrected chi connectivity index (χ0v) is 14.5. The highest BCUT2D eigenvalue weighted by Crippen LogP contribution is 2.10. The second kappa shape index (κ2) is 8.96. The van der Waals surface area contributed by atoms with Gasteiger partial charge in [0.1, 0.15) is 12.4 Å². The molecule has 0 spiro atoms. The molecule has 26 heavy (non-hydrogen) atoms. The lowest BCUT2D eigenvalue weighted by Gasteiger charge is -2.14. The van der Waals surface area contributed by atoms with Crippen molar-refractivity contribution in [3.63, 3.8) is 0 Å². The van der Waals surface area contributed by atoms with Crippen molar-refractivity contribution in [2.75, 3.05) is 11.9 Å². The molecular weight excluding hydrogens is 363 g/mol. The standard InChI is InChI=1S/C18H16ClFN2O4/c1-11(17(24)22-15-8-6-14(20)7-9-15)26-16(23)10-21-18(25)12-2-4-13(19)5-3-12/h2-9,11H,10H2,1H3,(H,21,25)(H,22,24)/t11-/m0/s1. The van der Waals surface area contributed by atoms with Crippen molar-refractivity contribution in [2.24, 2.45) is 0 Å². The van der Waals surface area contributed by atoms with E-state index in [2.05, 4.69) is 10.6 Å². The van der Waals surface area contributed by atoms with Crippen molar-refractivity contribution in [3.8, 4) is 0 Å². The number of amides is 2.